The maximum absolute atomic E-state index is 5.91. The summed E-state index contributed by atoms with van der Waals surface area (Å²) in [4.78, 5) is 13.8. The van der Waals surface area contributed by atoms with Crippen LogP contribution in [0.2, 0.25) is 0 Å². The second-order valence-corrected chi connectivity index (χ2v) is 10.0. The van der Waals surface area contributed by atoms with E-state index in [1.54, 1.807) is 14.2 Å². The first-order valence-electron chi connectivity index (χ1n) is 13.4. The summed E-state index contributed by atoms with van der Waals surface area (Å²) in [5, 5.41) is 0. The Hall–Kier alpha value is -2.58. The highest BCUT2D eigenvalue weighted by Gasteiger charge is 2.34. The minimum Gasteiger partial charge on any atom is -0.497 e. The van der Waals surface area contributed by atoms with E-state index < -0.39 is 0 Å². The Kier molecular flexibility index (Phi) is 13.6. The molecule has 0 amide bonds. The van der Waals surface area contributed by atoms with Crippen molar-refractivity contribution in [2.45, 2.75) is 32.0 Å². The molecule has 1 aromatic heterocycles. The van der Waals surface area contributed by atoms with E-state index in [2.05, 4.69) is 89.3 Å². The van der Waals surface area contributed by atoms with Crippen molar-refractivity contribution in [3.8, 4) is 17.1 Å². The number of nitrogens with one attached hydrogen (secondary N) is 1. The first kappa shape index (κ1) is 34.6. The monoisotopic (exact) mass is 618 g/mol. The zero-order chi connectivity index (χ0) is 26.5. The van der Waals surface area contributed by atoms with E-state index in [9.17, 15) is 0 Å². The third-order valence-electron chi connectivity index (χ3n) is 7.72. The van der Waals surface area contributed by atoms with Gasteiger partial charge < -0.3 is 14.5 Å². The van der Waals surface area contributed by atoms with Crippen molar-refractivity contribution in [2.24, 2.45) is 0 Å². The Morgan fingerprint density at radius 3 is 1.73 bits per heavy atom. The molecule has 2 atom stereocenters. The second kappa shape index (κ2) is 16.2. The summed E-state index contributed by atoms with van der Waals surface area (Å²) in [6.07, 6.45) is 0.00584. The number of nitrogens with zero attached hydrogens (tertiary/aromatic N) is 3. The maximum atomic E-state index is 5.91. The van der Waals surface area contributed by atoms with E-state index in [4.69, 9.17) is 14.5 Å². The summed E-state index contributed by atoms with van der Waals surface area (Å²) >= 11 is 0. The predicted octanol–water partition coefficient (Wildman–Crippen LogP) is 7.14. The van der Waals surface area contributed by atoms with Gasteiger partial charge in [-0.05, 0) is 49.2 Å². The van der Waals surface area contributed by atoms with Gasteiger partial charge >= 0.3 is 0 Å². The summed E-state index contributed by atoms with van der Waals surface area (Å²) in [7, 11) is 3.48. The van der Waals surface area contributed by atoms with E-state index in [0.29, 0.717) is 0 Å². The topological polar surface area (TPSA) is 53.6 Å². The number of hydrogen-bond donors (Lipinski definition) is 1. The normalized spacial score (nSPS) is 15.2. The molecule has 0 bridgehead atoms. The number of ether oxygens (including phenoxy) is 2. The number of imidazole rings is 1. The maximum Gasteiger partial charge on any atom is 0.137 e. The highest BCUT2D eigenvalue weighted by Crippen LogP contribution is 2.34. The molecule has 1 aliphatic rings. The number of aromatic amines is 1. The van der Waals surface area contributed by atoms with Crippen LogP contribution in [-0.2, 0) is 4.74 Å². The molecule has 3 aromatic carbocycles. The van der Waals surface area contributed by atoms with Crippen molar-refractivity contribution >= 4 is 37.2 Å². The molecule has 9 heteroatoms. The summed E-state index contributed by atoms with van der Waals surface area (Å²) in [5.74, 6) is 1.71. The Morgan fingerprint density at radius 2 is 1.24 bits per heavy atom. The van der Waals surface area contributed by atoms with Crippen LogP contribution in [0.3, 0.4) is 0 Å². The van der Waals surface area contributed by atoms with Gasteiger partial charge in [0, 0.05) is 44.5 Å². The molecular formula is C32H41Cl3N4O2. The van der Waals surface area contributed by atoms with Crippen LogP contribution >= 0.6 is 37.2 Å². The molecule has 2 unspecified atom stereocenters. The fourth-order valence-electron chi connectivity index (χ4n) is 5.63. The minimum atomic E-state index is 0. The first-order chi connectivity index (χ1) is 18.6. The molecule has 6 nitrogen and oxygen atoms in total. The van der Waals surface area contributed by atoms with Crippen molar-refractivity contribution < 1.29 is 9.47 Å². The van der Waals surface area contributed by atoms with Gasteiger partial charge in [0.1, 0.15) is 11.6 Å². The van der Waals surface area contributed by atoms with E-state index in [0.717, 1.165) is 54.7 Å². The van der Waals surface area contributed by atoms with Crippen molar-refractivity contribution in [2.75, 3.05) is 40.4 Å². The molecular weight excluding hydrogens is 579 g/mol. The van der Waals surface area contributed by atoms with E-state index >= 15 is 0 Å². The van der Waals surface area contributed by atoms with Gasteiger partial charge in [-0.15, -0.1) is 37.2 Å². The molecule has 0 aliphatic carbocycles. The number of hydrogen-bond acceptors (Lipinski definition) is 5. The lowest BCUT2D eigenvalue weighted by Gasteiger charge is -2.43. The van der Waals surface area contributed by atoms with Gasteiger partial charge in [0.2, 0.25) is 0 Å². The number of H-pyrrole nitrogens is 1. The SMILES string of the molecule is COc1ccc(-c2nc(C(C(C)OC)N3CCN(C(c4ccccc4)c4ccccc4)CC3)c(C)[nH]2)cc1.Cl.Cl.Cl. The third-order valence-corrected chi connectivity index (χ3v) is 7.72. The molecule has 222 valence electrons. The molecule has 0 spiro atoms. The van der Waals surface area contributed by atoms with Gasteiger partial charge in [-0.2, -0.15) is 0 Å². The lowest BCUT2D eigenvalue weighted by atomic mass is 9.96. The van der Waals surface area contributed by atoms with Crippen molar-refractivity contribution in [3.05, 3.63) is 107 Å². The van der Waals surface area contributed by atoms with Crippen LogP contribution < -0.4 is 4.74 Å². The fourth-order valence-corrected chi connectivity index (χ4v) is 5.63. The average molecular weight is 620 g/mol. The van der Waals surface area contributed by atoms with E-state index in [-0.39, 0.29) is 55.4 Å². The van der Waals surface area contributed by atoms with Crippen molar-refractivity contribution in [1.29, 1.82) is 0 Å². The molecule has 4 aromatic rings. The van der Waals surface area contributed by atoms with Crippen LogP contribution in [0.4, 0.5) is 0 Å². The van der Waals surface area contributed by atoms with Crippen LogP contribution in [0.1, 0.15) is 41.5 Å². The largest absolute Gasteiger partial charge is 0.497 e. The Labute approximate surface area is 262 Å². The predicted molar refractivity (Wildman–Crippen MR) is 174 cm³/mol. The fraction of sp³-hybridized carbons (Fsp3) is 0.344. The molecule has 0 radical (unpaired) electrons. The first-order valence-corrected chi connectivity index (χ1v) is 13.4. The van der Waals surface area contributed by atoms with Crippen LogP contribution in [0.25, 0.3) is 11.4 Å². The van der Waals surface area contributed by atoms with Crippen molar-refractivity contribution in [1.82, 2.24) is 19.8 Å². The van der Waals surface area contributed by atoms with Gasteiger partial charge in [0.15, 0.2) is 0 Å². The highest BCUT2D eigenvalue weighted by molar-refractivity contribution is 5.86. The average Bonchev–Trinajstić information content (AvgIpc) is 3.36. The second-order valence-electron chi connectivity index (χ2n) is 10.0. The molecule has 1 fully saturated rings. The van der Waals surface area contributed by atoms with E-state index in [1.165, 1.54) is 11.1 Å². The molecule has 5 rings (SSSR count). The zero-order valence-corrected chi connectivity index (χ0v) is 26.5. The number of halogens is 3. The number of piperazine rings is 1. The summed E-state index contributed by atoms with van der Waals surface area (Å²) in [5.41, 5.74) is 5.85. The lowest BCUT2D eigenvalue weighted by molar-refractivity contribution is -0.00439. The molecule has 41 heavy (non-hydrogen) atoms. The standard InChI is InChI=1S/C32H38N4O2.3ClH/c1-23-29(34-32(33-23)27-15-17-28(38-4)18-16-27)30(24(2)37-3)35-19-21-36(22-20-35)31(25-11-7-5-8-12-25)26-13-9-6-10-14-26;;;/h5-18,24,30-31H,19-22H2,1-4H3,(H,33,34);3*1H. The van der Waals surface area contributed by atoms with Gasteiger partial charge in [-0.1, -0.05) is 60.7 Å². The molecule has 1 N–H and O–H groups in total. The molecule has 1 saturated heterocycles. The Balaban J connectivity index is 0.00000196. The molecule has 0 saturated carbocycles. The van der Waals surface area contributed by atoms with Crippen LogP contribution in [-0.4, -0.2) is 66.3 Å². The summed E-state index contributed by atoms with van der Waals surface area (Å²) in [6, 6.07) is 30.0. The Bertz CT molecular complexity index is 1260. The molecule has 1 aliphatic heterocycles. The number of aromatic nitrogens is 2. The van der Waals surface area contributed by atoms with Gasteiger partial charge in [0.05, 0.1) is 31.0 Å². The summed E-state index contributed by atoms with van der Waals surface area (Å²) in [6.45, 7) is 8.08. The number of methoxy groups -OCH3 is 2. The van der Waals surface area contributed by atoms with E-state index in [1.807, 2.05) is 24.3 Å². The minimum absolute atomic E-state index is 0. The Morgan fingerprint density at radius 1 is 0.732 bits per heavy atom. The van der Waals surface area contributed by atoms with Crippen LogP contribution in [0.5, 0.6) is 5.75 Å². The summed E-state index contributed by atoms with van der Waals surface area (Å²) < 4.78 is 11.2. The van der Waals surface area contributed by atoms with Gasteiger partial charge in [0.25, 0.3) is 0 Å². The van der Waals surface area contributed by atoms with Crippen molar-refractivity contribution in [3.63, 3.8) is 0 Å². The smallest absolute Gasteiger partial charge is 0.137 e. The number of benzene rings is 3. The van der Waals surface area contributed by atoms with Gasteiger partial charge in [-0.25, -0.2) is 4.98 Å². The number of aryl methyl sites for hydroxylation is 1. The number of rotatable bonds is 9. The zero-order valence-electron chi connectivity index (χ0n) is 24.0. The lowest BCUT2D eigenvalue weighted by Crippen LogP contribution is -2.51. The highest BCUT2D eigenvalue weighted by atomic mass is 35.5. The van der Waals surface area contributed by atoms with Gasteiger partial charge in [-0.3, -0.25) is 9.80 Å². The molecule has 2 heterocycles. The van der Waals surface area contributed by atoms with Crippen LogP contribution in [0.15, 0.2) is 84.9 Å². The van der Waals surface area contributed by atoms with Crippen LogP contribution in [0, 0.1) is 6.92 Å². The third kappa shape index (κ3) is 7.83. The quantitative estimate of drug-likeness (QED) is 0.216.